The minimum absolute atomic E-state index is 0.0237. The number of carbonyl (C=O) groups excluding carboxylic acids is 1. The van der Waals surface area contributed by atoms with Crippen LogP contribution in [0.3, 0.4) is 0 Å². The van der Waals surface area contributed by atoms with Gasteiger partial charge in [0.15, 0.2) is 11.5 Å². The van der Waals surface area contributed by atoms with Crippen LogP contribution in [0.25, 0.3) is 0 Å². The summed E-state index contributed by atoms with van der Waals surface area (Å²) in [4.78, 5) is 14.6. The standard InChI is InChI=1S/C20H22N2O3/c23-20(21-16-5-2-1-3-6-16)14-22-10-4-7-17(22)15-8-9-18-19(13-15)25-12-11-24-18/h1-3,5-6,8-9,13,17H,4,7,10-12,14H2,(H,21,23)/t17-/m1/s1. The van der Waals surface area contributed by atoms with Crippen molar-refractivity contribution in [3.05, 3.63) is 54.1 Å². The molecule has 1 N–H and O–H groups in total. The summed E-state index contributed by atoms with van der Waals surface area (Å²) in [6, 6.07) is 16.0. The molecular weight excluding hydrogens is 316 g/mol. The van der Waals surface area contributed by atoms with Crippen molar-refractivity contribution in [3.8, 4) is 11.5 Å². The van der Waals surface area contributed by atoms with Crippen LogP contribution in [0.5, 0.6) is 11.5 Å². The van der Waals surface area contributed by atoms with Crippen LogP contribution >= 0.6 is 0 Å². The quantitative estimate of drug-likeness (QED) is 0.930. The van der Waals surface area contributed by atoms with Crippen LogP contribution in [-0.4, -0.2) is 37.1 Å². The maximum absolute atomic E-state index is 12.4. The first-order valence-electron chi connectivity index (χ1n) is 8.78. The topological polar surface area (TPSA) is 50.8 Å². The van der Waals surface area contributed by atoms with Gasteiger partial charge in [0.25, 0.3) is 0 Å². The average molecular weight is 338 g/mol. The molecule has 0 spiro atoms. The van der Waals surface area contributed by atoms with Crippen LogP contribution in [0.2, 0.25) is 0 Å². The summed E-state index contributed by atoms with van der Waals surface area (Å²) < 4.78 is 11.3. The van der Waals surface area contributed by atoms with E-state index < -0.39 is 0 Å². The lowest BCUT2D eigenvalue weighted by Crippen LogP contribution is -2.33. The van der Waals surface area contributed by atoms with Gasteiger partial charge >= 0.3 is 0 Å². The molecule has 5 nitrogen and oxygen atoms in total. The molecule has 4 rings (SSSR count). The van der Waals surface area contributed by atoms with Crippen molar-refractivity contribution in [2.45, 2.75) is 18.9 Å². The molecule has 1 amide bonds. The molecule has 2 aromatic rings. The maximum Gasteiger partial charge on any atom is 0.238 e. The fourth-order valence-corrected chi connectivity index (χ4v) is 3.57. The van der Waals surface area contributed by atoms with Crippen molar-refractivity contribution in [2.24, 2.45) is 0 Å². The Kier molecular flexibility index (Phi) is 4.57. The zero-order valence-corrected chi connectivity index (χ0v) is 14.1. The highest BCUT2D eigenvalue weighted by Crippen LogP contribution is 2.37. The van der Waals surface area contributed by atoms with E-state index in [-0.39, 0.29) is 11.9 Å². The smallest absolute Gasteiger partial charge is 0.238 e. The number of carbonyl (C=O) groups is 1. The highest BCUT2D eigenvalue weighted by atomic mass is 16.6. The fourth-order valence-electron chi connectivity index (χ4n) is 3.57. The second-order valence-electron chi connectivity index (χ2n) is 6.45. The first kappa shape index (κ1) is 16.0. The van der Waals surface area contributed by atoms with Gasteiger partial charge in [0.05, 0.1) is 6.54 Å². The summed E-state index contributed by atoms with van der Waals surface area (Å²) >= 11 is 0. The van der Waals surface area contributed by atoms with Crippen molar-refractivity contribution in [2.75, 3.05) is 31.6 Å². The lowest BCUT2D eigenvalue weighted by molar-refractivity contribution is -0.117. The fraction of sp³-hybridized carbons (Fsp3) is 0.350. The molecule has 2 aliphatic heterocycles. The van der Waals surface area contributed by atoms with Gasteiger partial charge in [-0.05, 0) is 49.2 Å². The van der Waals surface area contributed by atoms with Crippen LogP contribution in [0.1, 0.15) is 24.4 Å². The molecule has 1 saturated heterocycles. The molecule has 0 unspecified atom stereocenters. The number of para-hydroxylation sites is 1. The number of benzene rings is 2. The molecule has 0 radical (unpaired) electrons. The maximum atomic E-state index is 12.4. The predicted octanol–water partition coefficient (Wildman–Crippen LogP) is 3.23. The minimum Gasteiger partial charge on any atom is -0.486 e. The van der Waals surface area contributed by atoms with Gasteiger partial charge in [-0.3, -0.25) is 9.69 Å². The number of nitrogens with zero attached hydrogens (tertiary/aromatic N) is 1. The van der Waals surface area contributed by atoms with E-state index in [9.17, 15) is 4.79 Å². The number of hydrogen-bond acceptors (Lipinski definition) is 4. The van der Waals surface area contributed by atoms with E-state index >= 15 is 0 Å². The van der Waals surface area contributed by atoms with E-state index in [0.717, 1.165) is 36.6 Å². The Morgan fingerprint density at radius 1 is 1.08 bits per heavy atom. The number of nitrogens with one attached hydrogen (secondary N) is 1. The van der Waals surface area contributed by atoms with Gasteiger partial charge in [-0.2, -0.15) is 0 Å². The number of likely N-dealkylation sites (tertiary alicyclic amines) is 1. The molecule has 25 heavy (non-hydrogen) atoms. The molecule has 0 aromatic heterocycles. The summed E-state index contributed by atoms with van der Waals surface area (Å²) in [5.74, 6) is 1.64. The molecule has 5 heteroatoms. The lowest BCUT2D eigenvalue weighted by Gasteiger charge is -2.26. The molecule has 1 atom stereocenters. The molecule has 2 heterocycles. The Morgan fingerprint density at radius 2 is 1.88 bits per heavy atom. The van der Waals surface area contributed by atoms with Crippen LogP contribution in [0.15, 0.2) is 48.5 Å². The summed E-state index contributed by atoms with van der Waals surface area (Å²) in [7, 11) is 0. The molecule has 0 saturated carbocycles. The number of rotatable bonds is 4. The predicted molar refractivity (Wildman–Crippen MR) is 96.1 cm³/mol. The van der Waals surface area contributed by atoms with Gasteiger partial charge in [0, 0.05) is 11.7 Å². The third kappa shape index (κ3) is 3.61. The summed E-state index contributed by atoms with van der Waals surface area (Å²) in [6.45, 7) is 2.52. The third-order valence-corrected chi connectivity index (χ3v) is 4.72. The monoisotopic (exact) mass is 338 g/mol. The number of anilines is 1. The number of amides is 1. The SMILES string of the molecule is O=C(CN1CCC[C@@H]1c1ccc2c(c1)OCCO2)Nc1ccccc1. The third-order valence-electron chi connectivity index (χ3n) is 4.72. The van der Waals surface area contributed by atoms with Crippen LogP contribution < -0.4 is 14.8 Å². The Morgan fingerprint density at radius 3 is 2.72 bits per heavy atom. The van der Waals surface area contributed by atoms with E-state index in [1.165, 1.54) is 5.56 Å². The first-order valence-corrected chi connectivity index (χ1v) is 8.78. The number of hydrogen-bond donors (Lipinski definition) is 1. The van der Waals surface area contributed by atoms with Gasteiger partial charge in [-0.15, -0.1) is 0 Å². The summed E-state index contributed by atoms with van der Waals surface area (Å²) in [5, 5.41) is 2.97. The molecule has 2 aliphatic rings. The van der Waals surface area contributed by atoms with E-state index in [4.69, 9.17) is 9.47 Å². The second-order valence-corrected chi connectivity index (χ2v) is 6.45. The van der Waals surface area contributed by atoms with Crippen molar-refractivity contribution >= 4 is 11.6 Å². The first-order chi connectivity index (χ1) is 12.3. The Labute approximate surface area is 147 Å². The van der Waals surface area contributed by atoms with Crippen molar-refractivity contribution in [1.82, 2.24) is 4.90 Å². The Hall–Kier alpha value is -2.53. The van der Waals surface area contributed by atoms with Crippen molar-refractivity contribution in [1.29, 1.82) is 0 Å². The molecule has 0 bridgehead atoms. The molecule has 1 fully saturated rings. The summed E-state index contributed by atoms with van der Waals surface area (Å²) in [5.41, 5.74) is 2.02. The zero-order valence-electron chi connectivity index (χ0n) is 14.1. The zero-order chi connectivity index (χ0) is 17.1. The summed E-state index contributed by atoms with van der Waals surface area (Å²) in [6.07, 6.45) is 2.15. The molecule has 0 aliphatic carbocycles. The van der Waals surface area contributed by atoms with Crippen molar-refractivity contribution in [3.63, 3.8) is 0 Å². The van der Waals surface area contributed by atoms with E-state index in [1.54, 1.807) is 0 Å². The van der Waals surface area contributed by atoms with Gasteiger partial charge in [0.1, 0.15) is 13.2 Å². The normalized spacial score (nSPS) is 19.6. The van der Waals surface area contributed by atoms with E-state index in [2.05, 4.69) is 22.3 Å². The van der Waals surface area contributed by atoms with Crippen LogP contribution in [-0.2, 0) is 4.79 Å². The largest absolute Gasteiger partial charge is 0.486 e. The Bertz CT molecular complexity index is 748. The van der Waals surface area contributed by atoms with E-state index in [1.807, 2.05) is 36.4 Å². The average Bonchev–Trinajstić information content (AvgIpc) is 3.10. The van der Waals surface area contributed by atoms with Gasteiger partial charge < -0.3 is 14.8 Å². The minimum atomic E-state index is 0.0237. The molecule has 130 valence electrons. The Balaban J connectivity index is 1.44. The van der Waals surface area contributed by atoms with Crippen LogP contribution in [0.4, 0.5) is 5.69 Å². The van der Waals surface area contributed by atoms with Gasteiger partial charge in [-0.1, -0.05) is 24.3 Å². The second kappa shape index (κ2) is 7.15. The van der Waals surface area contributed by atoms with Crippen LogP contribution in [0, 0.1) is 0 Å². The molecule has 2 aromatic carbocycles. The lowest BCUT2D eigenvalue weighted by atomic mass is 10.0. The van der Waals surface area contributed by atoms with Crippen molar-refractivity contribution < 1.29 is 14.3 Å². The van der Waals surface area contributed by atoms with Gasteiger partial charge in [0.2, 0.25) is 5.91 Å². The molecular formula is C20H22N2O3. The van der Waals surface area contributed by atoms with E-state index in [0.29, 0.717) is 19.8 Å². The van der Waals surface area contributed by atoms with Gasteiger partial charge in [-0.25, -0.2) is 0 Å². The highest BCUT2D eigenvalue weighted by Gasteiger charge is 2.28. The highest BCUT2D eigenvalue weighted by molar-refractivity contribution is 5.92. The number of fused-ring (bicyclic) bond motifs is 1. The number of ether oxygens (including phenoxy) is 2.